The maximum Gasteiger partial charge on any atom is 0.306 e. The van der Waals surface area contributed by atoms with Gasteiger partial charge in [-0.05, 0) is 128 Å². The van der Waals surface area contributed by atoms with Crippen LogP contribution in [0.15, 0.2) is 134 Å². The van der Waals surface area contributed by atoms with E-state index in [4.69, 9.17) is 14.2 Å². The molecule has 0 fully saturated rings. The van der Waals surface area contributed by atoms with Crippen molar-refractivity contribution in [1.29, 1.82) is 0 Å². The molecule has 0 saturated heterocycles. The van der Waals surface area contributed by atoms with Crippen molar-refractivity contribution in [3.63, 3.8) is 0 Å². The maximum absolute atomic E-state index is 12.9. The van der Waals surface area contributed by atoms with Gasteiger partial charge in [-0.3, -0.25) is 14.4 Å². The standard InChI is InChI=1S/C69H112O6/c1-4-7-10-13-16-19-22-24-26-28-29-30-31-32-33-34-35-36-37-38-39-41-42-44-47-50-53-56-59-62-68(71)74-65-66(64-73-67(70)61-58-55-52-49-46-21-18-15-12-9-6-3)75-69(72)63-60-57-54-51-48-45-43-40-27-25-23-20-17-14-11-8-5-2/h7-8,10-11,15-20,24-27,29-30,32-33,35-36,43,45,66H,4-6,9,12-14,21-23,28,31,34,37-42,44,46-65H2,1-3H3/b10-7-,11-8-,18-15-,19-16-,20-17-,26-24-,27-25-,30-29-,33-32-,36-35-,45-43-. The van der Waals surface area contributed by atoms with Gasteiger partial charge in [0.15, 0.2) is 6.10 Å². The zero-order valence-corrected chi connectivity index (χ0v) is 48.5. The number of hydrogen-bond donors (Lipinski definition) is 0. The fraction of sp³-hybridized carbons (Fsp3) is 0.638. The molecule has 0 saturated carbocycles. The molecule has 0 aromatic rings. The second-order valence-electron chi connectivity index (χ2n) is 19.8. The van der Waals surface area contributed by atoms with Crippen LogP contribution in [0.1, 0.15) is 265 Å². The van der Waals surface area contributed by atoms with E-state index in [1.807, 2.05) is 0 Å². The molecule has 6 heteroatoms. The number of rotatable bonds is 54. The topological polar surface area (TPSA) is 78.9 Å². The van der Waals surface area contributed by atoms with Gasteiger partial charge in [-0.25, -0.2) is 0 Å². The monoisotopic (exact) mass is 1040 g/mol. The highest BCUT2D eigenvalue weighted by molar-refractivity contribution is 5.71. The summed E-state index contributed by atoms with van der Waals surface area (Å²) in [7, 11) is 0. The number of allylic oxidation sites excluding steroid dienone is 22. The first-order valence-electron chi connectivity index (χ1n) is 30.7. The summed E-state index contributed by atoms with van der Waals surface area (Å²) in [5.41, 5.74) is 0. The van der Waals surface area contributed by atoms with Crippen LogP contribution in [0.3, 0.4) is 0 Å². The van der Waals surface area contributed by atoms with Crippen molar-refractivity contribution in [2.75, 3.05) is 13.2 Å². The molecule has 424 valence electrons. The van der Waals surface area contributed by atoms with E-state index in [0.29, 0.717) is 19.3 Å². The van der Waals surface area contributed by atoms with E-state index >= 15 is 0 Å². The van der Waals surface area contributed by atoms with Gasteiger partial charge in [0.25, 0.3) is 0 Å². The molecular formula is C69H112O6. The van der Waals surface area contributed by atoms with Crippen LogP contribution in [0.5, 0.6) is 0 Å². The fourth-order valence-corrected chi connectivity index (χ4v) is 8.06. The molecule has 6 nitrogen and oxygen atoms in total. The molecule has 1 unspecified atom stereocenters. The predicted octanol–water partition coefficient (Wildman–Crippen LogP) is 21.0. The van der Waals surface area contributed by atoms with Crippen LogP contribution in [0, 0.1) is 0 Å². The molecule has 1 atom stereocenters. The average molecular weight is 1040 g/mol. The molecule has 0 bridgehead atoms. The minimum absolute atomic E-state index is 0.0962. The SMILES string of the molecule is CC/C=C\C/C=C\C/C=C\C/C=C\C/C=C\C/C=C\CCCCCCCCCCCCC(=O)OCC(COC(=O)CCCCCCC/C=C\CCCC)OC(=O)CCCCCC/C=C\C/C=C\C/C=C\C/C=C\CC. The highest BCUT2D eigenvalue weighted by Gasteiger charge is 2.19. The second-order valence-corrected chi connectivity index (χ2v) is 19.8. The average Bonchev–Trinajstić information content (AvgIpc) is 3.41. The van der Waals surface area contributed by atoms with Crippen molar-refractivity contribution >= 4 is 17.9 Å². The van der Waals surface area contributed by atoms with Gasteiger partial charge < -0.3 is 14.2 Å². The Morgan fingerprint density at radius 3 is 0.827 bits per heavy atom. The van der Waals surface area contributed by atoms with E-state index in [-0.39, 0.29) is 31.1 Å². The van der Waals surface area contributed by atoms with E-state index in [1.165, 1.54) is 77.0 Å². The lowest BCUT2D eigenvalue weighted by Crippen LogP contribution is -2.30. The second kappa shape index (κ2) is 62.1. The summed E-state index contributed by atoms with van der Waals surface area (Å²) in [5.74, 6) is -0.936. The molecule has 0 N–H and O–H groups in total. The van der Waals surface area contributed by atoms with Gasteiger partial charge in [-0.1, -0.05) is 251 Å². The van der Waals surface area contributed by atoms with Crippen molar-refractivity contribution in [3.8, 4) is 0 Å². The van der Waals surface area contributed by atoms with Crippen LogP contribution in [0.25, 0.3) is 0 Å². The van der Waals surface area contributed by atoms with Crippen molar-refractivity contribution in [1.82, 2.24) is 0 Å². The van der Waals surface area contributed by atoms with E-state index < -0.39 is 6.10 Å². The number of hydrogen-bond acceptors (Lipinski definition) is 6. The highest BCUT2D eigenvalue weighted by Crippen LogP contribution is 2.15. The van der Waals surface area contributed by atoms with Gasteiger partial charge in [0.2, 0.25) is 0 Å². The van der Waals surface area contributed by atoms with E-state index in [0.717, 1.165) is 148 Å². The molecule has 0 aliphatic heterocycles. The number of unbranched alkanes of at least 4 members (excludes halogenated alkanes) is 21. The lowest BCUT2D eigenvalue weighted by molar-refractivity contribution is -0.167. The van der Waals surface area contributed by atoms with Gasteiger partial charge in [0.1, 0.15) is 13.2 Å². The molecule has 75 heavy (non-hydrogen) atoms. The predicted molar refractivity (Wildman–Crippen MR) is 325 cm³/mol. The largest absolute Gasteiger partial charge is 0.462 e. The minimum atomic E-state index is -0.800. The van der Waals surface area contributed by atoms with Crippen LogP contribution in [0.2, 0.25) is 0 Å². The van der Waals surface area contributed by atoms with Gasteiger partial charge in [-0.2, -0.15) is 0 Å². The van der Waals surface area contributed by atoms with E-state index in [2.05, 4.69) is 154 Å². The van der Waals surface area contributed by atoms with Crippen LogP contribution in [0.4, 0.5) is 0 Å². The minimum Gasteiger partial charge on any atom is -0.462 e. The Morgan fingerprint density at radius 2 is 0.520 bits per heavy atom. The summed E-state index contributed by atoms with van der Waals surface area (Å²) in [4.78, 5) is 38.2. The molecule has 0 amide bonds. The Balaban J connectivity index is 4.30. The highest BCUT2D eigenvalue weighted by atomic mass is 16.6. The van der Waals surface area contributed by atoms with Gasteiger partial charge in [0.05, 0.1) is 0 Å². The number of esters is 3. The number of carbonyl (C=O) groups excluding carboxylic acids is 3. The van der Waals surface area contributed by atoms with Crippen LogP contribution >= 0.6 is 0 Å². The third-order valence-electron chi connectivity index (χ3n) is 12.6. The van der Waals surface area contributed by atoms with Crippen molar-refractivity contribution < 1.29 is 28.6 Å². The van der Waals surface area contributed by atoms with Crippen LogP contribution in [-0.4, -0.2) is 37.2 Å². The first-order valence-corrected chi connectivity index (χ1v) is 30.7. The Bertz CT molecular complexity index is 1620. The molecule has 0 spiro atoms. The Kier molecular flexibility index (Phi) is 58.4. The van der Waals surface area contributed by atoms with Crippen molar-refractivity contribution in [3.05, 3.63) is 134 Å². The number of carbonyl (C=O) groups is 3. The molecule has 0 radical (unpaired) electrons. The summed E-state index contributed by atoms with van der Waals surface area (Å²) < 4.78 is 16.8. The van der Waals surface area contributed by atoms with Crippen LogP contribution < -0.4 is 0 Å². The Labute approximate surface area is 462 Å². The molecule has 0 aromatic carbocycles. The molecule has 0 aromatic heterocycles. The molecular weight excluding hydrogens is 925 g/mol. The normalized spacial score (nSPS) is 13.1. The lowest BCUT2D eigenvalue weighted by atomic mass is 10.1. The summed E-state index contributed by atoms with van der Waals surface area (Å²) in [5, 5.41) is 0. The summed E-state index contributed by atoms with van der Waals surface area (Å²) in [6.45, 7) is 6.34. The molecule has 0 aliphatic rings. The summed E-state index contributed by atoms with van der Waals surface area (Å²) >= 11 is 0. The zero-order chi connectivity index (χ0) is 54.3. The number of ether oxygens (including phenoxy) is 3. The third kappa shape index (κ3) is 60.3. The first-order chi connectivity index (χ1) is 37.0. The van der Waals surface area contributed by atoms with E-state index in [1.54, 1.807) is 0 Å². The fourth-order valence-electron chi connectivity index (χ4n) is 8.06. The van der Waals surface area contributed by atoms with Crippen LogP contribution in [-0.2, 0) is 28.6 Å². The quantitative estimate of drug-likeness (QED) is 0.0261. The van der Waals surface area contributed by atoms with Gasteiger partial charge in [-0.15, -0.1) is 0 Å². The Hall–Kier alpha value is -4.45. The van der Waals surface area contributed by atoms with E-state index in [9.17, 15) is 14.4 Å². The Morgan fingerprint density at radius 1 is 0.280 bits per heavy atom. The van der Waals surface area contributed by atoms with Gasteiger partial charge >= 0.3 is 17.9 Å². The first kappa shape index (κ1) is 70.5. The molecule has 0 heterocycles. The van der Waals surface area contributed by atoms with Crippen molar-refractivity contribution in [2.45, 2.75) is 271 Å². The zero-order valence-electron chi connectivity index (χ0n) is 48.5. The molecule has 0 aliphatic carbocycles. The smallest absolute Gasteiger partial charge is 0.306 e. The van der Waals surface area contributed by atoms with Gasteiger partial charge in [0, 0.05) is 19.3 Å². The summed E-state index contributed by atoms with van der Waals surface area (Å²) in [6, 6.07) is 0. The van der Waals surface area contributed by atoms with Crippen molar-refractivity contribution in [2.24, 2.45) is 0 Å². The maximum atomic E-state index is 12.9. The summed E-state index contributed by atoms with van der Waals surface area (Å²) in [6.07, 6.45) is 87.4. The lowest BCUT2D eigenvalue weighted by Gasteiger charge is -2.18. The third-order valence-corrected chi connectivity index (χ3v) is 12.6. The molecule has 0 rings (SSSR count).